The van der Waals surface area contributed by atoms with Crippen LogP contribution in [0.4, 0.5) is 11.5 Å². The summed E-state index contributed by atoms with van der Waals surface area (Å²) in [6.45, 7) is 0.874. The summed E-state index contributed by atoms with van der Waals surface area (Å²) in [5, 5.41) is 3.51. The zero-order chi connectivity index (χ0) is 11.0. The molecular weight excluding hydrogens is 202 g/mol. The smallest absolute Gasteiger partial charge is 0.125 e. The second kappa shape index (κ2) is 3.94. The molecule has 2 heterocycles. The fraction of sp³-hybridized carbons (Fsp3) is 0.583. The van der Waals surface area contributed by atoms with Crippen LogP contribution in [0.3, 0.4) is 0 Å². The van der Waals surface area contributed by atoms with Crippen molar-refractivity contribution in [1.29, 1.82) is 0 Å². The van der Waals surface area contributed by atoms with E-state index < -0.39 is 0 Å². The number of pyridine rings is 1. The Morgan fingerprint density at radius 2 is 2.25 bits per heavy atom. The highest BCUT2D eigenvalue weighted by Crippen LogP contribution is 2.39. The molecule has 2 atom stereocenters. The fourth-order valence-electron chi connectivity index (χ4n) is 2.41. The van der Waals surface area contributed by atoms with E-state index in [0.717, 1.165) is 24.6 Å². The van der Waals surface area contributed by atoms with Gasteiger partial charge in [0.25, 0.3) is 0 Å². The van der Waals surface area contributed by atoms with Crippen LogP contribution >= 0.6 is 0 Å². The second-order valence-corrected chi connectivity index (χ2v) is 4.68. The number of ether oxygens (including phenoxy) is 1. The minimum atomic E-state index is 0.398. The number of nitrogen functional groups attached to an aromatic ring is 1. The lowest BCUT2D eigenvalue weighted by Crippen LogP contribution is -2.30. The minimum absolute atomic E-state index is 0.398. The van der Waals surface area contributed by atoms with Crippen molar-refractivity contribution in [3.8, 4) is 0 Å². The lowest BCUT2D eigenvalue weighted by Gasteiger charge is -2.20. The number of nitrogens with zero attached hydrogens (tertiary/aromatic N) is 1. The average molecular weight is 219 g/mol. The van der Waals surface area contributed by atoms with E-state index in [0.29, 0.717) is 18.0 Å². The molecule has 1 aliphatic heterocycles. The number of nitrogens with two attached hydrogens (primary N) is 1. The monoisotopic (exact) mass is 219 g/mol. The number of anilines is 2. The minimum Gasteiger partial charge on any atom is -0.384 e. The molecule has 0 amide bonds. The van der Waals surface area contributed by atoms with Crippen LogP contribution in [0, 0.1) is 5.92 Å². The van der Waals surface area contributed by atoms with Gasteiger partial charge in [0.2, 0.25) is 0 Å². The Bertz CT molecular complexity index is 378. The summed E-state index contributed by atoms with van der Waals surface area (Å²) in [4.78, 5) is 3.99. The molecule has 4 nitrogen and oxygen atoms in total. The molecule has 4 heteroatoms. The van der Waals surface area contributed by atoms with Crippen molar-refractivity contribution in [3.63, 3.8) is 0 Å². The molecule has 0 aromatic carbocycles. The second-order valence-electron chi connectivity index (χ2n) is 4.68. The van der Waals surface area contributed by atoms with Crippen LogP contribution in [-0.2, 0) is 4.74 Å². The molecule has 2 aliphatic rings. The van der Waals surface area contributed by atoms with Gasteiger partial charge in [0.05, 0.1) is 12.1 Å². The summed E-state index contributed by atoms with van der Waals surface area (Å²) in [6, 6.07) is 4.27. The fourth-order valence-corrected chi connectivity index (χ4v) is 2.41. The van der Waals surface area contributed by atoms with Gasteiger partial charge in [-0.2, -0.15) is 0 Å². The molecule has 1 aromatic rings. The van der Waals surface area contributed by atoms with Crippen LogP contribution in [0.25, 0.3) is 0 Å². The number of rotatable bonds is 3. The molecule has 16 heavy (non-hydrogen) atoms. The van der Waals surface area contributed by atoms with Crippen LogP contribution in [-0.4, -0.2) is 23.7 Å². The van der Waals surface area contributed by atoms with Gasteiger partial charge in [-0.05, 0) is 31.2 Å². The van der Waals surface area contributed by atoms with Gasteiger partial charge in [0, 0.05) is 24.6 Å². The SMILES string of the molecule is Nc1cc(NC2CCOC2C2CC2)ccn1. The van der Waals surface area contributed by atoms with Crippen molar-refractivity contribution >= 4 is 11.5 Å². The van der Waals surface area contributed by atoms with Crippen molar-refractivity contribution in [2.24, 2.45) is 5.92 Å². The first-order chi connectivity index (χ1) is 7.83. The van der Waals surface area contributed by atoms with E-state index >= 15 is 0 Å². The van der Waals surface area contributed by atoms with E-state index in [1.54, 1.807) is 6.20 Å². The summed E-state index contributed by atoms with van der Waals surface area (Å²) >= 11 is 0. The van der Waals surface area contributed by atoms with Crippen molar-refractivity contribution in [2.45, 2.75) is 31.4 Å². The van der Waals surface area contributed by atoms with Gasteiger partial charge in [0.1, 0.15) is 5.82 Å². The lowest BCUT2D eigenvalue weighted by molar-refractivity contribution is 0.0898. The predicted octanol–water partition coefficient (Wildman–Crippen LogP) is 1.64. The van der Waals surface area contributed by atoms with E-state index in [1.807, 2.05) is 12.1 Å². The number of hydrogen-bond acceptors (Lipinski definition) is 4. The Morgan fingerprint density at radius 3 is 3.00 bits per heavy atom. The van der Waals surface area contributed by atoms with Crippen LogP contribution in [0.1, 0.15) is 19.3 Å². The summed E-state index contributed by atoms with van der Waals surface area (Å²) in [6.07, 6.45) is 5.86. The van der Waals surface area contributed by atoms with Gasteiger partial charge in [-0.3, -0.25) is 0 Å². The molecule has 1 aliphatic carbocycles. The van der Waals surface area contributed by atoms with Gasteiger partial charge in [0.15, 0.2) is 0 Å². The Labute approximate surface area is 95.2 Å². The lowest BCUT2D eigenvalue weighted by atomic mass is 10.1. The maximum absolute atomic E-state index is 5.78. The Kier molecular flexibility index (Phi) is 2.44. The maximum atomic E-state index is 5.78. The normalized spacial score (nSPS) is 29.2. The molecule has 1 saturated heterocycles. The molecular formula is C12H17N3O. The first-order valence-corrected chi connectivity index (χ1v) is 5.92. The zero-order valence-electron chi connectivity index (χ0n) is 9.23. The van der Waals surface area contributed by atoms with Crippen LogP contribution in [0.15, 0.2) is 18.3 Å². The maximum Gasteiger partial charge on any atom is 0.125 e. The van der Waals surface area contributed by atoms with Crippen LogP contribution in [0.2, 0.25) is 0 Å². The van der Waals surface area contributed by atoms with Gasteiger partial charge >= 0.3 is 0 Å². The first kappa shape index (κ1) is 9.90. The van der Waals surface area contributed by atoms with E-state index in [4.69, 9.17) is 10.5 Å². The third-order valence-electron chi connectivity index (χ3n) is 3.36. The molecule has 86 valence electrons. The van der Waals surface area contributed by atoms with E-state index in [1.165, 1.54) is 12.8 Å². The Morgan fingerprint density at radius 1 is 1.38 bits per heavy atom. The van der Waals surface area contributed by atoms with Crippen LogP contribution < -0.4 is 11.1 Å². The molecule has 0 bridgehead atoms. The van der Waals surface area contributed by atoms with Crippen molar-refractivity contribution in [3.05, 3.63) is 18.3 Å². The van der Waals surface area contributed by atoms with E-state index in [9.17, 15) is 0 Å². The highest BCUT2D eigenvalue weighted by molar-refractivity contribution is 5.50. The third-order valence-corrected chi connectivity index (χ3v) is 3.36. The Hall–Kier alpha value is -1.29. The van der Waals surface area contributed by atoms with Crippen molar-refractivity contribution in [1.82, 2.24) is 4.98 Å². The predicted molar refractivity (Wildman–Crippen MR) is 63.1 cm³/mol. The van der Waals surface area contributed by atoms with Crippen molar-refractivity contribution in [2.75, 3.05) is 17.7 Å². The van der Waals surface area contributed by atoms with Gasteiger partial charge in [-0.25, -0.2) is 4.98 Å². The van der Waals surface area contributed by atoms with Crippen molar-refractivity contribution < 1.29 is 4.74 Å². The highest BCUT2D eigenvalue weighted by atomic mass is 16.5. The topological polar surface area (TPSA) is 60.2 Å². The Balaban J connectivity index is 1.69. The summed E-state index contributed by atoms with van der Waals surface area (Å²) in [5.41, 5.74) is 6.71. The summed E-state index contributed by atoms with van der Waals surface area (Å²) in [7, 11) is 0. The van der Waals surface area contributed by atoms with Gasteiger partial charge in [-0.1, -0.05) is 0 Å². The zero-order valence-corrected chi connectivity index (χ0v) is 9.23. The first-order valence-electron chi connectivity index (χ1n) is 5.92. The van der Waals surface area contributed by atoms with E-state index in [2.05, 4.69) is 10.3 Å². The standard InChI is InChI=1S/C12H17N3O/c13-11-7-9(3-5-14-11)15-10-4-6-16-12(10)8-1-2-8/h3,5,7-8,10,12H,1-2,4,6H2,(H3,13,14,15). The van der Waals surface area contributed by atoms with E-state index in [-0.39, 0.29) is 0 Å². The summed E-state index contributed by atoms with van der Waals surface area (Å²) < 4.78 is 5.78. The van der Waals surface area contributed by atoms with Crippen LogP contribution in [0.5, 0.6) is 0 Å². The molecule has 2 unspecified atom stereocenters. The number of hydrogen-bond donors (Lipinski definition) is 2. The number of aromatic nitrogens is 1. The molecule has 1 saturated carbocycles. The number of nitrogens with one attached hydrogen (secondary N) is 1. The molecule has 0 radical (unpaired) electrons. The molecule has 0 spiro atoms. The molecule has 2 fully saturated rings. The third kappa shape index (κ3) is 1.97. The largest absolute Gasteiger partial charge is 0.384 e. The summed E-state index contributed by atoms with van der Waals surface area (Å²) in [5.74, 6) is 1.34. The van der Waals surface area contributed by atoms with Gasteiger partial charge in [-0.15, -0.1) is 0 Å². The average Bonchev–Trinajstić information content (AvgIpc) is 3.00. The van der Waals surface area contributed by atoms with Gasteiger partial charge < -0.3 is 15.8 Å². The molecule has 1 aromatic heterocycles. The highest BCUT2D eigenvalue weighted by Gasteiger charge is 2.40. The molecule has 3 N–H and O–H groups in total. The quantitative estimate of drug-likeness (QED) is 0.811. The molecule has 3 rings (SSSR count).